The van der Waals surface area contributed by atoms with Gasteiger partial charge in [-0.2, -0.15) is 4.98 Å². The van der Waals surface area contributed by atoms with E-state index in [1.54, 1.807) is 29.2 Å². The van der Waals surface area contributed by atoms with Crippen LogP contribution in [0.2, 0.25) is 0 Å². The lowest BCUT2D eigenvalue weighted by Gasteiger charge is -2.21. The maximum Gasteiger partial charge on any atom is 0.302 e. The number of aromatic nitrogens is 1. The van der Waals surface area contributed by atoms with Crippen molar-refractivity contribution in [2.45, 2.75) is 19.4 Å². The summed E-state index contributed by atoms with van der Waals surface area (Å²) in [6, 6.07) is 16.6. The topological polar surface area (TPSA) is 75.4 Å². The maximum absolute atomic E-state index is 12.9. The number of amides is 2. The number of anilines is 2. The van der Waals surface area contributed by atoms with Crippen LogP contribution in [0, 0.1) is 0 Å². The molecule has 2 amide bonds. The normalized spacial score (nSPS) is 15.6. The third-order valence-electron chi connectivity index (χ3n) is 4.41. The van der Waals surface area contributed by atoms with Crippen LogP contribution in [-0.2, 0) is 6.42 Å². The van der Waals surface area contributed by atoms with Crippen molar-refractivity contribution in [3.63, 3.8) is 0 Å². The van der Waals surface area contributed by atoms with Crippen molar-refractivity contribution in [2.24, 2.45) is 0 Å². The van der Waals surface area contributed by atoms with E-state index in [9.17, 15) is 9.59 Å². The summed E-state index contributed by atoms with van der Waals surface area (Å²) in [5, 5.41) is 2.57. The quantitative estimate of drug-likeness (QED) is 0.786. The Balaban J connectivity index is 1.53. The van der Waals surface area contributed by atoms with Gasteiger partial charge < -0.3 is 9.32 Å². The predicted octanol–water partition coefficient (Wildman–Crippen LogP) is 3.52. The first kappa shape index (κ1) is 16.1. The first-order chi connectivity index (χ1) is 12.6. The molecule has 4 rings (SSSR count). The molecule has 2 heterocycles. The van der Waals surface area contributed by atoms with Gasteiger partial charge >= 0.3 is 6.01 Å². The van der Waals surface area contributed by atoms with Crippen LogP contribution in [-0.4, -0.2) is 22.8 Å². The van der Waals surface area contributed by atoms with Gasteiger partial charge in [-0.05, 0) is 37.1 Å². The molecule has 0 saturated carbocycles. The molecule has 26 heavy (non-hydrogen) atoms. The van der Waals surface area contributed by atoms with Crippen molar-refractivity contribution in [3.8, 4) is 0 Å². The first-order valence-corrected chi connectivity index (χ1v) is 8.37. The van der Waals surface area contributed by atoms with Gasteiger partial charge in [-0.1, -0.05) is 36.4 Å². The molecule has 0 spiro atoms. The molecule has 130 valence electrons. The largest absolute Gasteiger partial charge is 0.431 e. The van der Waals surface area contributed by atoms with Crippen molar-refractivity contribution in [3.05, 3.63) is 77.7 Å². The number of carbonyl (C=O) groups is 2. The van der Waals surface area contributed by atoms with E-state index in [4.69, 9.17) is 4.42 Å². The highest BCUT2D eigenvalue weighted by atomic mass is 16.4. The van der Waals surface area contributed by atoms with Crippen LogP contribution in [0.1, 0.15) is 33.3 Å². The molecule has 1 unspecified atom stereocenters. The zero-order valence-corrected chi connectivity index (χ0v) is 14.2. The van der Waals surface area contributed by atoms with E-state index >= 15 is 0 Å². The lowest BCUT2D eigenvalue weighted by molar-refractivity contribution is 0.0974. The highest BCUT2D eigenvalue weighted by molar-refractivity contribution is 6.07. The van der Waals surface area contributed by atoms with E-state index in [0.717, 1.165) is 17.7 Å². The minimum absolute atomic E-state index is 0.00217. The third kappa shape index (κ3) is 2.86. The SMILES string of the molecule is CC1Cc2ccccc2N1C(=O)c1coc(NC(=O)c2ccccc2)n1. The van der Waals surface area contributed by atoms with Crippen LogP contribution < -0.4 is 10.2 Å². The minimum atomic E-state index is -0.341. The Hall–Kier alpha value is -3.41. The third-order valence-corrected chi connectivity index (χ3v) is 4.41. The zero-order valence-electron chi connectivity index (χ0n) is 14.2. The summed E-state index contributed by atoms with van der Waals surface area (Å²) in [6.07, 6.45) is 2.08. The van der Waals surface area contributed by atoms with Gasteiger partial charge in [0.25, 0.3) is 11.8 Å². The zero-order chi connectivity index (χ0) is 18.1. The van der Waals surface area contributed by atoms with E-state index in [2.05, 4.69) is 10.3 Å². The van der Waals surface area contributed by atoms with Gasteiger partial charge in [0.1, 0.15) is 6.26 Å². The molecule has 1 aliphatic heterocycles. The average Bonchev–Trinajstić information content (AvgIpc) is 3.25. The smallest absolute Gasteiger partial charge is 0.302 e. The number of para-hydroxylation sites is 1. The molecule has 0 radical (unpaired) electrons. The van der Waals surface area contributed by atoms with E-state index in [-0.39, 0.29) is 29.6 Å². The fourth-order valence-electron chi connectivity index (χ4n) is 3.19. The molecule has 2 aromatic carbocycles. The van der Waals surface area contributed by atoms with Crippen molar-refractivity contribution >= 4 is 23.5 Å². The number of nitrogens with one attached hydrogen (secondary N) is 1. The molecular formula is C20H17N3O3. The number of hydrogen-bond acceptors (Lipinski definition) is 4. The molecule has 0 aliphatic carbocycles. The lowest BCUT2D eigenvalue weighted by atomic mass is 10.1. The summed E-state index contributed by atoms with van der Waals surface area (Å²) in [5.41, 5.74) is 2.68. The second-order valence-corrected chi connectivity index (χ2v) is 6.22. The van der Waals surface area contributed by atoms with E-state index in [0.29, 0.717) is 5.56 Å². The molecule has 1 aliphatic rings. The summed E-state index contributed by atoms with van der Waals surface area (Å²) in [7, 11) is 0. The molecule has 0 bridgehead atoms. The number of rotatable bonds is 3. The Bertz CT molecular complexity index is 965. The first-order valence-electron chi connectivity index (χ1n) is 8.37. The highest BCUT2D eigenvalue weighted by Crippen LogP contribution is 2.33. The number of benzene rings is 2. The highest BCUT2D eigenvalue weighted by Gasteiger charge is 2.32. The Morgan fingerprint density at radius 2 is 1.85 bits per heavy atom. The Morgan fingerprint density at radius 1 is 1.12 bits per heavy atom. The molecule has 1 atom stereocenters. The molecule has 6 heteroatoms. The number of hydrogen-bond donors (Lipinski definition) is 1. The van der Waals surface area contributed by atoms with Gasteiger partial charge in [0.05, 0.1) is 0 Å². The predicted molar refractivity (Wildman–Crippen MR) is 97.3 cm³/mol. The van der Waals surface area contributed by atoms with Crippen LogP contribution in [0.5, 0.6) is 0 Å². The van der Waals surface area contributed by atoms with Gasteiger partial charge in [-0.3, -0.25) is 14.9 Å². The lowest BCUT2D eigenvalue weighted by Crippen LogP contribution is -2.35. The van der Waals surface area contributed by atoms with Crippen molar-refractivity contribution in [1.82, 2.24) is 4.98 Å². The van der Waals surface area contributed by atoms with Crippen LogP contribution in [0.15, 0.2) is 65.3 Å². The van der Waals surface area contributed by atoms with Crippen LogP contribution in [0.3, 0.4) is 0 Å². The summed E-state index contributed by atoms with van der Waals surface area (Å²) in [6.45, 7) is 2.00. The number of oxazole rings is 1. The van der Waals surface area contributed by atoms with Crippen LogP contribution >= 0.6 is 0 Å². The Labute approximate surface area is 150 Å². The molecular weight excluding hydrogens is 330 g/mol. The van der Waals surface area contributed by atoms with E-state index in [1.165, 1.54) is 6.26 Å². The van der Waals surface area contributed by atoms with Crippen molar-refractivity contribution < 1.29 is 14.0 Å². The second kappa shape index (κ2) is 6.48. The standard InChI is InChI=1S/C20H17N3O3/c1-13-11-15-9-5-6-10-17(15)23(13)19(25)16-12-26-20(21-16)22-18(24)14-7-3-2-4-8-14/h2-10,12-13H,11H2,1H3,(H,21,22,24). The maximum atomic E-state index is 12.9. The number of fused-ring (bicyclic) bond motifs is 1. The fraction of sp³-hybridized carbons (Fsp3) is 0.150. The van der Waals surface area contributed by atoms with Crippen LogP contribution in [0.4, 0.5) is 11.7 Å². The van der Waals surface area contributed by atoms with Gasteiger partial charge in [0, 0.05) is 17.3 Å². The summed E-state index contributed by atoms with van der Waals surface area (Å²) >= 11 is 0. The minimum Gasteiger partial charge on any atom is -0.431 e. The van der Waals surface area contributed by atoms with Gasteiger partial charge in [0.15, 0.2) is 5.69 Å². The van der Waals surface area contributed by atoms with Gasteiger partial charge in [-0.25, -0.2) is 0 Å². The van der Waals surface area contributed by atoms with Crippen molar-refractivity contribution in [1.29, 1.82) is 0 Å². The molecule has 1 N–H and O–H groups in total. The second-order valence-electron chi connectivity index (χ2n) is 6.22. The monoisotopic (exact) mass is 347 g/mol. The van der Waals surface area contributed by atoms with E-state index < -0.39 is 0 Å². The molecule has 6 nitrogen and oxygen atoms in total. The Morgan fingerprint density at radius 3 is 2.65 bits per heavy atom. The van der Waals surface area contributed by atoms with Gasteiger partial charge in [-0.15, -0.1) is 0 Å². The Kier molecular flexibility index (Phi) is 4.01. The fourth-order valence-corrected chi connectivity index (χ4v) is 3.19. The summed E-state index contributed by atoms with van der Waals surface area (Å²) < 4.78 is 5.27. The average molecular weight is 347 g/mol. The molecule has 3 aromatic rings. The molecule has 0 saturated heterocycles. The summed E-state index contributed by atoms with van der Waals surface area (Å²) in [4.78, 5) is 30.9. The molecule has 0 fully saturated rings. The van der Waals surface area contributed by atoms with Crippen LogP contribution in [0.25, 0.3) is 0 Å². The van der Waals surface area contributed by atoms with Crippen molar-refractivity contribution in [2.75, 3.05) is 10.2 Å². The molecule has 1 aromatic heterocycles. The number of nitrogens with zero attached hydrogens (tertiary/aromatic N) is 2. The van der Waals surface area contributed by atoms with E-state index in [1.807, 2.05) is 37.3 Å². The summed E-state index contributed by atoms with van der Waals surface area (Å²) in [5.74, 6) is -0.585. The van der Waals surface area contributed by atoms with Gasteiger partial charge in [0.2, 0.25) is 0 Å². The number of carbonyl (C=O) groups excluding carboxylic acids is 2.